The van der Waals surface area contributed by atoms with Crippen LogP contribution in [-0.2, 0) is 9.53 Å². The van der Waals surface area contributed by atoms with Crippen LogP contribution in [0, 0.1) is 0 Å². The van der Waals surface area contributed by atoms with Gasteiger partial charge in [0.05, 0.1) is 16.7 Å². The van der Waals surface area contributed by atoms with Gasteiger partial charge in [0.25, 0.3) is 17.7 Å². The number of fused-ring (bicyclic) bond motifs is 1. The van der Waals surface area contributed by atoms with Gasteiger partial charge in [0.2, 0.25) is 0 Å². The molecule has 0 atom stereocenters. The average Bonchev–Trinajstić information content (AvgIpc) is 2.91. The number of likely N-dealkylation sites (N-methyl/N-ethyl adjacent to an activating group) is 1. The Labute approximate surface area is 164 Å². The van der Waals surface area contributed by atoms with Crippen molar-refractivity contribution in [1.82, 2.24) is 9.80 Å². The molecule has 0 aromatic heterocycles. The van der Waals surface area contributed by atoms with Gasteiger partial charge in [0.15, 0.2) is 6.61 Å². The standard InChI is InChI=1S/C21H26N2O5/c1-5-7-10-23-19(25)16-9-8-15(11-17(16)20(23)26)21(27)28-13-18(24)22(6-2)12-14(3)4/h8-9,11H,3,5-7,10,12-13H2,1-2,4H3. The minimum atomic E-state index is -0.713. The Bertz CT molecular complexity index is 815. The second kappa shape index (κ2) is 9.30. The van der Waals surface area contributed by atoms with E-state index in [0.29, 0.717) is 19.6 Å². The molecule has 0 aliphatic carbocycles. The van der Waals surface area contributed by atoms with Gasteiger partial charge in [-0.25, -0.2) is 4.79 Å². The van der Waals surface area contributed by atoms with E-state index in [0.717, 1.165) is 18.4 Å². The van der Waals surface area contributed by atoms with Crippen molar-refractivity contribution in [1.29, 1.82) is 0 Å². The van der Waals surface area contributed by atoms with E-state index in [9.17, 15) is 19.2 Å². The average molecular weight is 386 g/mol. The van der Waals surface area contributed by atoms with Crippen LogP contribution >= 0.6 is 0 Å². The molecule has 0 N–H and O–H groups in total. The van der Waals surface area contributed by atoms with Crippen LogP contribution in [0.2, 0.25) is 0 Å². The Kier molecular flexibility index (Phi) is 7.09. The molecule has 0 spiro atoms. The van der Waals surface area contributed by atoms with Gasteiger partial charge in [0, 0.05) is 19.6 Å². The molecule has 0 bridgehead atoms. The van der Waals surface area contributed by atoms with Crippen molar-refractivity contribution in [3.8, 4) is 0 Å². The lowest BCUT2D eigenvalue weighted by molar-refractivity contribution is -0.133. The predicted molar refractivity (Wildman–Crippen MR) is 104 cm³/mol. The second-order valence-corrected chi connectivity index (χ2v) is 6.82. The summed E-state index contributed by atoms with van der Waals surface area (Å²) in [6.45, 7) is 10.2. The molecule has 0 saturated carbocycles. The van der Waals surface area contributed by atoms with Crippen molar-refractivity contribution in [2.75, 3.05) is 26.2 Å². The van der Waals surface area contributed by atoms with Crippen molar-refractivity contribution in [2.45, 2.75) is 33.6 Å². The molecular weight excluding hydrogens is 360 g/mol. The summed E-state index contributed by atoms with van der Waals surface area (Å²) in [6, 6.07) is 4.25. The number of esters is 1. The quantitative estimate of drug-likeness (QED) is 0.370. The fraction of sp³-hybridized carbons (Fsp3) is 0.429. The predicted octanol–water partition coefficient (Wildman–Crippen LogP) is 2.66. The van der Waals surface area contributed by atoms with Gasteiger partial charge in [-0.3, -0.25) is 19.3 Å². The number of ether oxygens (including phenoxy) is 1. The number of unbranched alkanes of at least 4 members (excludes halogenated alkanes) is 1. The summed E-state index contributed by atoms with van der Waals surface area (Å²) in [4.78, 5) is 52.0. The van der Waals surface area contributed by atoms with Crippen LogP contribution in [0.5, 0.6) is 0 Å². The number of carbonyl (C=O) groups excluding carboxylic acids is 4. The van der Waals surface area contributed by atoms with Crippen LogP contribution in [0.25, 0.3) is 0 Å². The summed E-state index contributed by atoms with van der Waals surface area (Å²) in [5.74, 6) is -1.79. The third-order valence-corrected chi connectivity index (χ3v) is 4.46. The lowest BCUT2D eigenvalue weighted by atomic mass is 10.1. The van der Waals surface area contributed by atoms with Crippen molar-refractivity contribution < 1.29 is 23.9 Å². The Morgan fingerprint density at radius 3 is 2.43 bits per heavy atom. The molecule has 0 radical (unpaired) electrons. The molecule has 1 heterocycles. The SMILES string of the molecule is C=C(C)CN(CC)C(=O)COC(=O)c1ccc2c(c1)C(=O)N(CCCC)C2=O. The molecule has 1 aromatic rings. The Morgan fingerprint density at radius 2 is 1.82 bits per heavy atom. The summed E-state index contributed by atoms with van der Waals surface area (Å²) in [5.41, 5.74) is 1.44. The Hall–Kier alpha value is -2.96. The minimum absolute atomic E-state index is 0.132. The highest BCUT2D eigenvalue weighted by Gasteiger charge is 2.35. The number of amides is 3. The summed E-state index contributed by atoms with van der Waals surface area (Å²) in [7, 11) is 0. The fourth-order valence-electron chi connectivity index (χ4n) is 2.94. The lowest BCUT2D eigenvalue weighted by Crippen LogP contribution is -2.35. The molecule has 1 aliphatic rings. The maximum Gasteiger partial charge on any atom is 0.338 e. The Balaban J connectivity index is 2.06. The van der Waals surface area contributed by atoms with Crippen LogP contribution in [0.15, 0.2) is 30.4 Å². The maximum absolute atomic E-state index is 12.5. The number of benzene rings is 1. The third kappa shape index (κ3) is 4.65. The van der Waals surface area contributed by atoms with Gasteiger partial charge in [-0.05, 0) is 38.5 Å². The second-order valence-electron chi connectivity index (χ2n) is 6.82. The van der Waals surface area contributed by atoms with Gasteiger partial charge in [0.1, 0.15) is 0 Å². The topological polar surface area (TPSA) is 84.0 Å². The van der Waals surface area contributed by atoms with E-state index in [-0.39, 0.29) is 28.5 Å². The van der Waals surface area contributed by atoms with E-state index in [1.807, 2.05) is 20.8 Å². The van der Waals surface area contributed by atoms with Crippen molar-refractivity contribution in [3.63, 3.8) is 0 Å². The molecule has 3 amide bonds. The van der Waals surface area contributed by atoms with Gasteiger partial charge in [-0.2, -0.15) is 0 Å². The largest absolute Gasteiger partial charge is 0.452 e. The number of imide groups is 1. The number of hydrogen-bond donors (Lipinski definition) is 0. The van der Waals surface area contributed by atoms with E-state index in [1.165, 1.54) is 28.0 Å². The van der Waals surface area contributed by atoms with Gasteiger partial charge >= 0.3 is 5.97 Å². The molecule has 1 aliphatic heterocycles. The summed E-state index contributed by atoms with van der Waals surface area (Å²) in [5, 5.41) is 0. The molecule has 150 valence electrons. The summed E-state index contributed by atoms with van der Waals surface area (Å²) < 4.78 is 5.10. The molecular formula is C21H26N2O5. The molecule has 1 aromatic carbocycles. The van der Waals surface area contributed by atoms with Crippen LogP contribution in [-0.4, -0.2) is 59.7 Å². The summed E-state index contributed by atoms with van der Waals surface area (Å²) >= 11 is 0. The highest BCUT2D eigenvalue weighted by Crippen LogP contribution is 2.24. The first kappa shape index (κ1) is 21.3. The van der Waals surface area contributed by atoms with E-state index in [2.05, 4.69) is 6.58 Å². The van der Waals surface area contributed by atoms with Gasteiger partial charge in [-0.15, -0.1) is 0 Å². The van der Waals surface area contributed by atoms with Gasteiger partial charge < -0.3 is 9.64 Å². The highest BCUT2D eigenvalue weighted by atomic mass is 16.5. The zero-order chi connectivity index (χ0) is 20.8. The van der Waals surface area contributed by atoms with Crippen LogP contribution < -0.4 is 0 Å². The van der Waals surface area contributed by atoms with E-state index in [1.54, 1.807) is 0 Å². The van der Waals surface area contributed by atoms with Crippen molar-refractivity contribution in [2.24, 2.45) is 0 Å². The maximum atomic E-state index is 12.5. The van der Waals surface area contributed by atoms with Crippen LogP contribution in [0.1, 0.15) is 64.7 Å². The lowest BCUT2D eigenvalue weighted by Gasteiger charge is -2.20. The number of nitrogens with zero attached hydrogens (tertiary/aromatic N) is 2. The summed E-state index contributed by atoms with van der Waals surface area (Å²) in [6.07, 6.45) is 1.58. The Morgan fingerprint density at radius 1 is 1.14 bits per heavy atom. The van der Waals surface area contributed by atoms with Crippen LogP contribution in [0.3, 0.4) is 0 Å². The van der Waals surface area contributed by atoms with Crippen LogP contribution in [0.4, 0.5) is 0 Å². The minimum Gasteiger partial charge on any atom is -0.452 e. The number of rotatable bonds is 9. The molecule has 0 fully saturated rings. The molecule has 0 saturated heterocycles. The fourth-order valence-corrected chi connectivity index (χ4v) is 2.94. The molecule has 28 heavy (non-hydrogen) atoms. The third-order valence-electron chi connectivity index (χ3n) is 4.46. The van der Waals surface area contributed by atoms with Crippen molar-refractivity contribution in [3.05, 3.63) is 47.0 Å². The van der Waals surface area contributed by atoms with Crippen molar-refractivity contribution >= 4 is 23.7 Å². The number of carbonyl (C=O) groups is 4. The highest BCUT2D eigenvalue weighted by molar-refractivity contribution is 6.21. The first-order valence-electron chi connectivity index (χ1n) is 9.39. The molecule has 7 heteroatoms. The number of hydrogen-bond acceptors (Lipinski definition) is 5. The first-order valence-corrected chi connectivity index (χ1v) is 9.39. The smallest absolute Gasteiger partial charge is 0.338 e. The zero-order valence-corrected chi connectivity index (χ0v) is 16.6. The normalized spacial score (nSPS) is 12.8. The van der Waals surface area contributed by atoms with E-state index < -0.39 is 18.5 Å². The monoisotopic (exact) mass is 386 g/mol. The molecule has 0 unspecified atom stereocenters. The van der Waals surface area contributed by atoms with Gasteiger partial charge in [-0.1, -0.05) is 25.5 Å². The van der Waals surface area contributed by atoms with E-state index in [4.69, 9.17) is 4.74 Å². The molecule has 2 rings (SSSR count). The first-order chi connectivity index (χ1) is 13.3. The zero-order valence-electron chi connectivity index (χ0n) is 16.6. The molecule has 7 nitrogen and oxygen atoms in total. The van der Waals surface area contributed by atoms with E-state index >= 15 is 0 Å².